The quantitative estimate of drug-likeness (QED) is 0.751. The Morgan fingerprint density at radius 2 is 2.25 bits per heavy atom. The number of aliphatic carboxylic acids is 1. The summed E-state index contributed by atoms with van der Waals surface area (Å²) in [6.45, 7) is 0.532. The van der Waals surface area contributed by atoms with Crippen molar-refractivity contribution in [2.24, 2.45) is 0 Å². The fourth-order valence-electron chi connectivity index (χ4n) is 1.89. The van der Waals surface area contributed by atoms with Crippen molar-refractivity contribution in [2.45, 2.75) is 18.9 Å². The molecule has 0 saturated carbocycles. The highest BCUT2D eigenvalue weighted by Crippen LogP contribution is 2.13. The molecule has 0 spiro atoms. The van der Waals surface area contributed by atoms with E-state index in [1.807, 2.05) is 24.3 Å². The minimum atomic E-state index is -0.919. The summed E-state index contributed by atoms with van der Waals surface area (Å²) in [4.78, 5) is 19.7. The predicted octanol–water partition coefficient (Wildman–Crippen LogP) is 1.92. The fraction of sp³-hybridized carbons (Fsp3) is 0.357. The van der Waals surface area contributed by atoms with Crippen LogP contribution in [0.25, 0.3) is 10.9 Å². The van der Waals surface area contributed by atoms with Crippen LogP contribution in [0, 0.1) is 0 Å². The molecule has 2 rings (SSSR count). The second-order valence-corrected chi connectivity index (χ2v) is 4.42. The van der Waals surface area contributed by atoms with Crippen molar-refractivity contribution in [3.05, 3.63) is 30.5 Å². The van der Waals surface area contributed by atoms with Crippen molar-refractivity contribution in [2.75, 3.05) is 19.0 Å². The third-order valence-corrected chi connectivity index (χ3v) is 2.93. The number of para-hydroxylation sites is 1. The molecule has 1 aromatic carbocycles. The average Bonchev–Trinajstić information content (AvgIpc) is 2.46. The minimum Gasteiger partial charge on any atom is -0.480 e. The Morgan fingerprint density at radius 1 is 1.45 bits per heavy atom. The van der Waals surface area contributed by atoms with Crippen molar-refractivity contribution in [1.29, 1.82) is 0 Å². The van der Waals surface area contributed by atoms with Crippen LogP contribution < -0.4 is 5.32 Å². The smallest absolute Gasteiger partial charge is 0.326 e. The monoisotopic (exact) mass is 275 g/mol. The Labute approximate surface area is 116 Å². The van der Waals surface area contributed by atoms with E-state index < -0.39 is 12.0 Å². The van der Waals surface area contributed by atoms with Crippen molar-refractivity contribution in [1.82, 2.24) is 9.97 Å². The van der Waals surface area contributed by atoms with Crippen LogP contribution in [0.15, 0.2) is 30.5 Å². The zero-order valence-corrected chi connectivity index (χ0v) is 11.2. The number of ether oxygens (including phenoxy) is 1. The highest BCUT2D eigenvalue weighted by atomic mass is 16.5. The van der Waals surface area contributed by atoms with Crippen LogP contribution in [0.2, 0.25) is 0 Å². The SMILES string of the molecule is COCCCC(Nc1ncc2ccccc2n1)C(=O)O. The second-order valence-electron chi connectivity index (χ2n) is 4.42. The number of hydrogen-bond donors (Lipinski definition) is 2. The zero-order valence-electron chi connectivity index (χ0n) is 11.2. The molecule has 6 nitrogen and oxygen atoms in total. The van der Waals surface area contributed by atoms with Crippen LogP contribution in [-0.4, -0.2) is 40.8 Å². The van der Waals surface area contributed by atoms with Gasteiger partial charge in [-0.2, -0.15) is 0 Å². The molecule has 6 heteroatoms. The molecule has 1 unspecified atom stereocenters. The molecule has 1 aromatic heterocycles. The maximum absolute atomic E-state index is 11.2. The lowest BCUT2D eigenvalue weighted by Gasteiger charge is -2.14. The summed E-state index contributed by atoms with van der Waals surface area (Å²) >= 11 is 0. The van der Waals surface area contributed by atoms with E-state index in [2.05, 4.69) is 15.3 Å². The summed E-state index contributed by atoms with van der Waals surface area (Å²) in [5, 5.41) is 13.0. The number of methoxy groups -OCH3 is 1. The molecule has 0 bridgehead atoms. The van der Waals surface area contributed by atoms with Gasteiger partial charge >= 0.3 is 5.97 Å². The number of carbonyl (C=O) groups is 1. The van der Waals surface area contributed by atoms with Crippen molar-refractivity contribution in [3.63, 3.8) is 0 Å². The molecule has 0 aliphatic rings. The van der Waals surface area contributed by atoms with E-state index in [0.29, 0.717) is 25.4 Å². The Kier molecular flexibility index (Phi) is 4.84. The molecule has 0 aliphatic carbocycles. The van der Waals surface area contributed by atoms with E-state index in [4.69, 9.17) is 4.74 Å². The normalized spacial score (nSPS) is 12.2. The van der Waals surface area contributed by atoms with Crippen LogP contribution in [-0.2, 0) is 9.53 Å². The standard InChI is InChI=1S/C14H17N3O3/c1-20-8-4-7-12(13(18)19)17-14-15-9-10-5-2-3-6-11(10)16-14/h2-3,5-6,9,12H,4,7-8H2,1H3,(H,18,19)(H,15,16,17). The lowest BCUT2D eigenvalue weighted by Crippen LogP contribution is -2.30. The third-order valence-electron chi connectivity index (χ3n) is 2.93. The zero-order chi connectivity index (χ0) is 14.4. The molecular weight excluding hydrogens is 258 g/mol. The van der Waals surface area contributed by atoms with Crippen molar-refractivity contribution in [3.8, 4) is 0 Å². The summed E-state index contributed by atoms with van der Waals surface area (Å²) < 4.78 is 4.93. The molecule has 0 fully saturated rings. The predicted molar refractivity (Wildman–Crippen MR) is 75.7 cm³/mol. The van der Waals surface area contributed by atoms with Crippen LogP contribution >= 0.6 is 0 Å². The molecule has 1 heterocycles. The first-order valence-electron chi connectivity index (χ1n) is 6.41. The number of fused-ring (bicyclic) bond motifs is 1. The van der Waals surface area contributed by atoms with Gasteiger partial charge in [0.25, 0.3) is 0 Å². The van der Waals surface area contributed by atoms with Crippen LogP contribution in [0.5, 0.6) is 0 Å². The number of rotatable bonds is 7. The summed E-state index contributed by atoms with van der Waals surface area (Å²) in [5.74, 6) is -0.591. The number of nitrogens with one attached hydrogen (secondary N) is 1. The van der Waals surface area contributed by atoms with Gasteiger partial charge in [0.05, 0.1) is 5.52 Å². The van der Waals surface area contributed by atoms with Crippen LogP contribution in [0.4, 0.5) is 5.95 Å². The van der Waals surface area contributed by atoms with Gasteiger partial charge in [-0.05, 0) is 18.9 Å². The number of carboxylic acid groups (broad SMARTS) is 1. The van der Waals surface area contributed by atoms with Gasteiger partial charge in [0.15, 0.2) is 0 Å². The molecule has 20 heavy (non-hydrogen) atoms. The fourth-order valence-corrected chi connectivity index (χ4v) is 1.89. The number of anilines is 1. The van der Waals surface area contributed by atoms with Crippen molar-refractivity contribution < 1.29 is 14.6 Å². The maximum atomic E-state index is 11.2. The van der Waals surface area contributed by atoms with E-state index in [1.54, 1.807) is 13.3 Å². The van der Waals surface area contributed by atoms with Crippen molar-refractivity contribution >= 4 is 22.8 Å². The Balaban J connectivity index is 2.09. The van der Waals surface area contributed by atoms with Crippen LogP contribution in [0.1, 0.15) is 12.8 Å². The number of hydrogen-bond acceptors (Lipinski definition) is 5. The molecular formula is C14H17N3O3. The van der Waals surface area contributed by atoms with Gasteiger partial charge in [-0.1, -0.05) is 18.2 Å². The van der Waals surface area contributed by atoms with Gasteiger partial charge in [0, 0.05) is 25.3 Å². The van der Waals surface area contributed by atoms with Gasteiger partial charge < -0.3 is 15.2 Å². The average molecular weight is 275 g/mol. The Bertz CT molecular complexity index is 589. The Hall–Kier alpha value is -2.21. The van der Waals surface area contributed by atoms with Crippen LogP contribution in [0.3, 0.4) is 0 Å². The molecule has 106 valence electrons. The van der Waals surface area contributed by atoms with E-state index in [1.165, 1.54) is 0 Å². The van der Waals surface area contributed by atoms with Gasteiger partial charge in [-0.25, -0.2) is 14.8 Å². The molecule has 0 amide bonds. The molecule has 2 aromatic rings. The minimum absolute atomic E-state index is 0.327. The molecule has 0 saturated heterocycles. The number of benzene rings is 1. The first-order chi connectivity index (χ1) is 9.70. The summed E-state index contributed by atoms with van der Waals surface area (Å²) in [7, 11) is 1.59. The lowest BCUT2D eigenvalue weighted by molar-refractivity contribution is -0.138. The van der Waals surface area contributed by atoms with Gasteiger partial charge in [-0.3, -0.25) is 0 Å². The molecule has 2 N–H and O–H groups in total. The van der Waals surface area contributed by atoms with Gasteiger partial charge in [0.2, 0.25) is 5.95 Å². The topological polar surface area (TPSA) is 84.3 Å². The van der Waals surface area contributed by atoms with E-state index in [9.17, 15) is 9.90 Å². The molecule has 0 aliphatic heterocycles. The summed E-state index contributed by atoms with van der Waals surface area (Å²) in [5.41, 5.74) is 0.783. The third kappa shape index (κ3) is 3.64. The summed E-state index contributed by atoms with van der Waals surface area (Å²) in [6, 6.07) is 6.84. The largest absolute Gasteiger partial charge is 0.480 e. The lowest BCUT2D eigenvalue weighted by atomic mass is 10.1. The second kappa shape index (κ2) is 6.81. The maximum Gasteiger partial charge on any atom is 0.326 e. The van der Waals surface area contributed by atoms with Gasteiger partial charge in [-0.15, -0.1) is 0 Å². The first-order valence-corrected chi connectivity index (χ1v) is 6.41. The van der Waals surface area contributed by atoms with Gasteiger partial charge in [0.1, 0.15) is 6.04 Å². The molecule has 1 atom stereocenters. The van der Waals surface area contributed by atoms with E-state index in [-0.39, 0.29) is 0 Å². The number of carboxylic acids is 1. The highest BCUT2D eigenvalue weighted by Gasteiger charge is 2.17. The summed E-state index contributed by atoms with van der Waals surface area (Å²) in [6.07, 6.45) is 2.80. The molecule has 0 radical (unpaired) electrons. The number of nitrogens with zero attached hydrogens (tertiary/aromatic N) is 2. The highest BCUT2D eigenvalue weighted by molar-refractivity contribution is 5.80. The first kappa shape index (κ1) is 14.2. The number of aromatic nitrogens is 2. The van der Waals surface area contributed by atoms with E-state index in [0.717, 1.165) is 10.9 Å². The van der Waals surface area contributed by atoms with E-state index >= 15 is 0 Å². The Morgan fingerprint density at radius 3 is 3.00 bits per heavy atom.